The lowest BCUT2D eigenvalue weighted by molar-refractivity contribution is -0.117. The molecule has 2 heteroatoms. The van der Waals surface area contributed by atoms with E-state index in [4.69, 9.17) is 5.73 Å². The fourth-order valence-corrected chi connectivity index (χ4v) is 1.15. The molecule has 1 amide bonds. The van der Waals surface area contributed by atoms with E-state index in [2.05, 4.69) is 6.58 Å². The van der Waals surface area contributed by atoms with Gasteiger partial charge in [0, 0.05) is 6.42 Å². The molecule has 0 spiro atoms. The number of hydrogen-bond acceptors (Lipinski definition) is 1. The quantitative estimate of drug-likeness (QED) is 0.771. The molecule has 0 aliphatic heterocycles. The van der Waals surface area contributed by atoms with E-state index in [-0.39, 0.29) is 12.3 Å². The van der Waals surface area contributed by atoms with Crippen LogP contribution >= 0.6 is 0 Å². The van der Waals surface area contributed by atoms with Crippen LogP contribution in [0.25, 0.3) is 12.2 Å². The predicted molar refractivity (Wildman–Crippen MR) is 59.4 cm³/mol. The average molecular weight is 187 g/mol. The molecule has 0 atom stereocenters. The molecule has 0 saturated carbocycles. The zero-order chi connectivity index (χ0) is 10.4. The Morgan fingerprint density at radius 3 is 2.57 bits per heavy atom. The molecule has 1 aromatic rings. The van der Waals surface area contributed by atoms with E-state index in [1.165, 1.54) is 0 Å². The van der Waals surface area contributed by atoms with Gasteiger partial charge >= 0.3 is 0 Å². The largest absolute Gasteiger partial charge is 0.369 e. The SMILES string of the molecule is C=Cc1ccccc1C=CCC(N)=O. The molecule has 0 aliphatic carbocycles. The molecule has 14 heavy (non-hydrogen) atoms. The molecule has 0 heterocycles. The third kappa shape index (κ3) is 2.90. The Balaban J connectivity index is 2.80. The molecule has 0 aliphatic rings. The van der Waals surface area contributed by atoms with E-state index >= 15 is 0 Å². The maximum absolute atomic E-state index is 10.5. The first-order chi connectivity index (χ1) is 6.74. The zero-order valence-corrected chi connectivity index (χ0v) is 7.94. The number of amides is 1. The maximum atomic E-state index is 10.5. The highest BCUT2D eigenvalue weighted by Gasteiger charge is 1.93. The molecule has 1 aromatic carbocycles. The van der Waals surface area contributed by atoms with Gasteiger partial charge in [0.15, 0.2) is 0 Å². The van der Waals surface area contributed by atoms with E-state index in [1.807, 2.05) is 30.3 Å². The molecule has 0 unspecified atom stereocenters. The van der Waals surface area contributed by atoms with E-state index in [0.717, 1.165) is 11.1 Å². The molecule has 0 aromatic heterocycles. The lowest BCUT2D eigenvalue weighted by atomic mass is 10.1. The number of primary amides is 1. The molecule has 1 rings (SSSR count). The minimum atomic E-state index is -0.322. The van der Waals surface area contributed by atoms with Crippen LogP contribution in [0.3, 0.4) is 0 Å². The normalized spacial score (nSPS) is 10.3. The molecule has 2 N–H and O–H groups in total. The van der Waals surface area contributed by atoms with Crippen LogP contribution in [0.15, 0.2) is 36.9 Å². The summed E-state index contributed by atoms with van der Waals surface area (Å²) >= 11 is 0. The minimum absolute atomic E-state index is 0.269. The van der Waals surface area contributed by atoms with Gasteiger partial charge in [0.05, 0.1) is 0 Å². The summed E-state index contributed by atoms with van der Waals surface area (Å²) in [4.78, 5) is 10.5. The van der Waals surface area contributed by atoms with Crippen LogP contribution in [0.2, 0.25) is 0 Å². The number of rotatable bonds is 4. The van der Waals surface area contributed by atoms with Crippen LogP contribution in [0.4, 0.5) is 0 Å². The van der Waals surface area contributed by atoms with Crippen molar-refractivity contribution < 1.29 is 4.79 Å². The molecule has 0 bridgehead atoms. The van der Waals surface area contributed by atoms with E-state index in [1.54, 1.807) is 12.2 Å². The lowest BCUT2D eigenvalue weighted by Gasteiger charge is -1.98. The monoisotopic (exact) mass is 187 g/mol. The van der Waals surface area contributed by atoms with E-state index in [9.17, 15) is 4.79 Å². The summed E-state index contributed by atoms with van der Waals surface area (Å²) in [6.07, 6.45) is 5.68. The Labute approximate surface area is 83.7 Å². The molecule has 0 fully saturated rings. The van der Waals surface area contributed by atoms with Crippen molar-refractivity contribution in [2.24, 2.45) is 5.73 Å². The maximum Gasteiger partial charge on any atom is 0.221 e. The topological polar surface area (TPSA) is 43.1 Å². The van der Waals surface area contributed by atoms with Crippen LogP contribution in [0.5, 0.6) is 0 Å². The van der Waals surface area contributed by atoms with Gasteiger partial charge in [-0.15, -0.1) is 0 Å². The van der Waals surface area contributed by atoms with Crippen LogP contribution in [0.1, 0.15) is 17.5 Å². The zero-order valence-electron chi connectivity index (χ0n) is 7.94. The standard InChI is InChI=1S/C12H13NO/c1-2-10-6-3-4-7-11(10)8-5-9-12(13)14/h2-8H,1,9H2,(H2,13,14). The number of carbonyl (C=O) groups excluding carboxylic acids is 1. The third-order valence-electron chi connectivity index (χ3n) is 1.83. The lowest BCUT2D eigenvalue weighted by Crippen LogP contribution is -2.07. The van der Waals surface area contributed by atoms with Gasteiger partial charge in [0.25, 0.3) is 0 Å². The Morgan fingerprint density at radius 1 is 1.36 bits per heavy atom. The number of nitrogens with two attached hydrogens (primary N) is 1. The summed E-state index contributed by atoms with van der Waals surface area (Å²) in [7, 11) is 0. The third-order valence-corrected chi connectivity index (χ3v) is 1.83. The van der Waals surface area contributed by atoms with Gasteiger partial charge in [0.1, 0.15) is 0 Å². The first kappa shape index (κ1) is 10.3. The highest BCUT2D eigenvalue weighted by Crippen LogP contribution is 2.11. The summed E-state index contributed by atoms with van der Waals surface area (Å²) in [6.45, 7) is 3.71. The van der Waals surface area contributed by atoms with Crippen LogP contribution < -0.4 is 5.73 Å². The smallest absolute Gasteiger partial charge is 0.221 e. The van der Waals surface area contributed by atoms with Gasteiger partial charge in [0.2, 0.25) is 5.91 Å². The van der Waals surface area contributed by atoms with Gasteiger partial charge in [-0.3, -0.25) is 4.79 Å². The van der Waals surface area contributed by atoms with Gasteiger partial charge in [-0.1, -0.05) is 49.1 Å². The predicted octanol–water partition coefficient (Wildman–Crippen LogP) is 2.22. The van der Waals surface area contributed by atoms with Crippen molar-refractivity contribution in [3.8, 4) is 0 Å². The highest BCUT2D eigenvalue weighted by atomic mass is 16.1. The number of benzene rings is 1. The second-order valence-corrected chi connectivity index (χ2v) is 2.91. The van der Waals surface area contributed by atoms with Crippen molar-refractivity contribution in [1.82, 2.24) is 0 Å². The first-order valence-corrected chi connectivity index (χ1v) is 4.40. The highest BCUT2D eigenvalue weighted by molar-refractivity contribution is 5.77. The van der Waals surface area contributed by atoms with Crippen molar-refractivity contribution in [3.63, 3.8) is 0 Å². The summed E-state index contributed by atoms with van der Waals surface area (Å²) < 4.78 is 0. The molecule has 0 saturated heterocycles. The van der Waals surface area contributed by atoms with Crippen molar-refractivity contribution in [3.05, 3.63) is 48.0 Å². The van der Waals surface area contributed by atoms with E-state index in [0.29, 0.717) is 0 Å². The molecule has 2 nitrogen and oxygen atoms in total. The summed E-state index contributed by atoms with van der Waals surface area (Å²) in [5, 5.41) is 0. The average Bonchev–Trinajstić information content (AvgIpc) is 2.18. The van der Waals surface area contributed by atoms with Crippen molar-refractivity contribution in [2.75, 3.05) is 0 Å². The fraction of sp³-hybridized carbons (Fsp3) is 0.0833. The Kier molecular flexibility index (Phi) is 3.68. The Hall–Kier alpha value is -1.83. The van der Waals surface area contributed by atoms with Gasteiger partial charge in [-0.25, -0.2) is 0 Å². The van der Waals surface area contributed by atoms with Crippen molar-refractivity contribution >= 4 is 18.1 Å². The minimum Gasteiger partial charge on any atom is -0.369 e. The second kappa shape index (κ2) is 5.02. The molecular weight excluding hydrogens is 174 g/mol. The number of hydrogen-bond donors (Lipinski definition) is 1. The van der Waals surface area contributed by atoms with Crippen molar-refractivity contribution in [1.29, 1.82) is 0 Å². The summed E-state index contributed by atoms with van der Waals surface area (Å²) in [5.74, 6) is -0.322. The Morgan fingerprint density at radius 2 is 2.00 bits per heavy atom. The Bertz CT molecular complexity index is 366. The number of carbonyl (C=O) groups is 1. The first-order valence-electron chi connectivity index (χ1n) is 4.40. The second-order valence-electron chi connectivity index (χ2n) is 2.91. The van der Waals surface area contributed by atoms with Gasteiger partial charge in [-0.2, -0.15) is 0 Å². The van der Waals surface area contributed by atoms with E-state index < -0.39 is 0 Å². The van der Waals surface area contributed by atoms with Crippen LogP contribution in [-0.2, 0) is 4.79 Å². The van der Waals surface area contributed by atoms with Gasteiger partial charge < -0.3 is 5.73 Å². The molecule has 0 radical (unpaired) electrons. The van der Waals surface area contributed by atoms with Gasteiger partial charge in [-0.05, 0) is 11.1 Å². The molecule has 72 valence electrons. The van der Waals surface area contributed by atoms with Crippen molar-refractivity contribution in [2.45, 2.75) is 6.42 Å². The summed E-state index contributed by atoms with van der Waals surface area (Å²) in [6, 6.07) is 7.82. The summed E-state index contributed by atoms with van der Waals surface area (Å²) in [5.41, 5.74) is 7.11. The van der Waals surface area contributed by atoms with Crippen LogP contribution in [0, 0.1) is 0 Å². The van der Waals surface area contributed by atoms with Crippen LogP contribution in [-0.4, -0.2) is 5.91 Å². The molecular formula is C12H13NO. The fourth-order valence-electron chi connectivity index (χ4n) is 1.15.